The molecule has 0 amide bonds. The van der Waals surface area contributed by atoms with Crippen LogP contribution in [-0.4, -0.2) is 116 Å². The molecule has 11 nitrogen and oxygen atoms in total. The predicted octanol–water partition coefficient (Wildman–Crippen LogP) is 0.373. The minimum atomic E-state index is -1.75. The second kappa shape index (κ2) is 13.4. The van der Waals surface area contributed by atoms with E-state index in [1.54, 1.807) is 41.5 Å². The molecule has 0 saturated carbocycles. The van der Waals surface area contributed by atoms with Gasteiger partial charge in [0.15, 0.2) is 6.29 Å². The summed E-state index contributed by atoms with van der Waals surface area (Å²) in [5.41, 5.74) is 2.81. The average molecular weight is 563 g/mol. The number of rotatable bonds is 3. The van der Waals surface area contributed by atoms with Gasteiger partial charge in [0.2, 0.25) is 0 Å². The van der Waals surface area contributed by atoms with Gasteiger partial charge in [-0.3, -0.25) is 4.79 Å². The molecule has 0 aliphatic carbocycles. The Kier molecular flexibility index (Phi) is 11.8. The Labute approximate surface area is 233 Å². The molecule has 2 unspecified atom stereocenters. The van der Waals surface area contributed by atoms with Crippen LogP contribution in [-0.2, 0) is 19.0 Å². The van der Waals surface area contributed by atoms with Gasteiger partial charge in [0, 0.05) is 31.0 Å². The molecule has 2 aliphatic heterocycles. The number of nitrogens with two attached hydrogens (primary N) is 1. The van der Waals surface area contributed by atoms with E-state index in [1.807, 2.05) is 18.9 Å². The molecule has 2 heterocycles. The van der Waals surface area contributed by atoms with Crippen LogP contribution in [0.4, 0.5) is 0 Å². The van der Waals surface area contributed by atoms with E-state index in [1.165, 1.54) is 6.92 Å². The third-order valence-electron chi connectivity index (χ3n) is 8.97. The molecule has 2 fully saturated rings. The van der Waals surface area contributed by atoms with Crippen LogP contribution in [0, 0.1) is 17.8 Å². The SMILES string of the molecule is CC[C@H]1OC(=O)[C@H](C)[C@@H](O[C@H]2CC(N)[C@H](O)C(C)O2)[C@H](C)[C@@H](O)[C@](C)(O)C[C@@H](C)CN(C)[C@H](C)[C@@H](O)[C@]1(C)O. The lowest BCUT2D eigenvalue weighted by Gasteiger charge is -2.43. The molecule has 7 N–H and O–H groups in total. The van der Waals surface area contributed by atoms with Gasteiger partial charge in [0.25, 0.3) is 0 Å². The lowest BCUT2D eigenvalue weighted by Crippen LogP contribution is -2.59. The summed E-state index contributed by atoms with van der Waals surface area (Å²) in [5.74, 6) is -2.47. The molecular weight excluding hydrogens is 508 g/mol. The number of hydrogen-bond acceptors (Lipinski definition) is 11. The molecule has 230 valence electrons. The Morgan fingerprint density at radius 1 is 1.08 bits per heavy atom. The molecule has 11 heteroatoms. The van der Waals surface area contributed by atoms with E-state index in [9.17, 15) is 30.3 Å². The average Bonchev–Trinajstić information content (AvgIpc) is 2.85. The lowest BCUT2D eigenvalue weighted by molar-refractivity contribution is -0.261. The summed E-state index contributed by atoms with van der Waals surface area (Å²) in [6.07, 6.45) is -6.17. The molecule has 14 atom stereocenters. The molecule has 0 bridgehead atoms. The van der Waals surface area contributed by atoms with Crippen molar-refractivity contribution in [3.63, 3.8) is 0 Å². The zero-order chi connectivity index (χ0) is 30.0. The summed E-state index contributed by atoms with van der Waals surface area (Å²) in [7, 11) is 1.82. The van der Waals surface area contributed by atoms with E-state index in [4.69, 9.17) is 19.9 Å². The fourth-order valence-electron chi connectivity index (χ4n) is 6.26. The van der Waals surface area contributed by atoms with Crippen LogP contribution in [0.25, 0.3) is 0 Å². The molecule has 39 heavy (non-hydrogen) atoms. The Morgan fingerprint density at radius 3 is 2.21 bits per heavy atom. The van der Waals surface area contributed by atoms with Crippen molar-refractivity contribution < 1.29 is 44.5 Å². The van der Waals surface area contributed by atoms with Gasteiger partial charge >= 0.3 is 5.97 Å². The van der Waals surface area contributed by atoms with Gasteiger partial charge in [-0.15, -0.1) is 0 Å². The third kappa shape index (κ3) is 7.90. The standard InChI is InChI=1S/C28H54N2O9/c1-10-20-28(8,36)25(33)17(5)30(9)13-14(2)12-27(7,35)24(32)15(3)23(16(4)26(34)38-20)39-21-11-19(29)22(31)18(6)37-21/h14-25,31-33,35-36H,10-13,29H2,1-9H3/t14-,15+,16-,17-,18?,19?,20-,21+,22-,23+,24-,25-,27-,28-/m1/s1. The smallest absolute Gasteiger partial charge is 0.311 e. The Balaban J connectivity index is 2.50. The zero-order valence-corrected chi connectivity index (χ0v) is 25.2. The van der Waals surface area contributed by atoms with Crippen molar-refractivity contribution in [1.82, 2.24) is 4.90 Å². The quantitative estimate of drug-likeness (QED) is 0.262. The van der Waals surface area contributed by atoms with E-state index in [2.05, 4.69) is 0 Å². The molecular formula is C28H54N2O9. The molecule has 0 spiro atoms. The number of ether oxygens (including phenoxy) is 3. The van der Waals surface area contributed by atoms with Crippen molar-refractivity contribution in [1.29, 1.82) is 0 Å². The van der Waals surface area contributed by atoms with Gasteiger partial charge < -0.3 is 50.4 Å². The molecule has 2 saturated heterocycles. The summed E-state index contributed by atoms with van der Waals surface area (Å²) < 4.78 is 17.9. The summed E-state index contributed by atoms with van der Waals surface area (Å²) in [4.78, 5) is 15.4. The molecule has 2 rings (SSSR count). The predicted molar refractivity (Wildman–Crippen MR) is 145 cm³/mol. The van der Waals surface area contributed by atoms with Crippen molar-refractivity contribution in [3.05, 3.63) is 0 Å². The molecule has 0 aromatic rings. The number of carbonyl (C=O) groups excluding carboxylic acids is 1. The molecule has 0 aromatic carbocycles. The summed E-state index contributed by atoms with van der Waals surface area (Å²) in [6, 6.07) is -1.10. The van der Waals surface area contributed by atoms with Crippen LogP contribution >= 0.6 is 0 Å². The van der Waals surface area contributed by atoms with Gasteiger partial charge in [-0.1, -0.05) is 20.8 Å². The van der Waals surface area contributed by atoms with Crippen molar-refractivity contribution in [2.24, 2.45) is 23.5 Å². The molecule has 0 aromatic heterocycles. The third-order valence-corrected chi connectivity index (χ3v) is 8.97. The van der Waals surface area contributed by atoms with E-state index in [-0.39, 0.29) is 25.2 Å². The van der Waals surface area contributed by atoms with Crippen molar-refractivity contribution >= 4 is 5.97 Å². The Bertz CT molecular complexity index is 785. The summed E-state index contributed by atoms with van der Waals surface area (Å²) in [6.45, 7) is 14.0. The normalized spacial score (nSPS) is 50.1. The number of likely N-dealkylation sites (N-methyl/N-ethyl adjacent to an activating group) is 1. The number of carbonyl (C=O) groups is 1. The largest absolute Gasteiger partial charge is 0.459 e. The second-order valence-corrected chi connectivity index (χ2v) is 12.7. The maximum absolute atomic E-state index is 13.5. The first-order valence-electron chi connectivity index (χ1n) is 14.3. The van der Waals surface area contributed by atoms with E-state index in [0.717, 1.165) is 0 Å². The maximum atomic E-state index is 13.5. The highest BCUT2D eigenvalue weighted by Crippen LogP contribution is 2.35. The number of cyclic esters (lactones) is 1. The van der Waals surface area contributed by atoms with Gasteiger partial charge in [-0.05, 0) is 60.4 Å². The minimum Gasteiger partial charge on any atom is -0.459 e. The molecule has 2 aliphatic rings. The maximum Gasteiger partial charge on any atom is 0.311 e. The van der Waals surface area contributed by atoms with Crippen LogP contribution in [0.1, 0.15) is 74.7 Å². The number of aliphatic hydroxyl groups is 5. The van der Waals surface area contributed by atoms with E-state index < -0.39 is 84.0 Å². The van der Waals surface area contributed by atoms with Gasteiger partial charge in [0.1, 0.15) is 17.8 Å². The zero-order valence-electron chi connectivity index (χ0n) is 25.2. The van der Waals surface area contributed by atoms with Crippen LogP contribution in [0.3, 0.4) is 0 Å². The highest BCUT2D eigenvalue weighted by atomic mass is 16.7. The topological polar surface area (TPSA) is 175 Å². The first-order chi connectivity index (χ1) is 17.8. The number of esters is 1. The fraction of sp³-hybridized carbons (Fsp3) is 0.964. The van der Waals surface area contributed by atoms with E-state index in [0.29, 0.717) is 6.54 Å². The van der Waals surface area contributed by atoms with Crippen LogP contribution in [0.5, 0.6) is 0 Å². The first-order valence-corrected chi connectivity index (χ1v) is 14.3. The van der Waals surface area contributed by atoms with Gasteiger partial charge in [-0.2, -0.15) is 0 Å². The molecule has 0 radical (unpaired) electrons. The first kappa shape index (κ1) is 34.3. The minimum absolute atomic E-state index is 0.0877. The van der Waals surface area contributed by atoms with Crippen LogP contribution in [0.15, 0.2) is 0 Å². The Hall–Kier alpha value is -0.890. The lowest BCUT2D eigenvalue weighted by atomic mass is 9.78. The number of hydrogen-bond donors (Lipinski definition) is 6. The van der Waals surface area contributed by atoms with Crippen molar-refractivity contribution in [3.8, 4) is 0 Å². The fourth-order valence-corrected chi connectivity index (χ4v) is 6.26. The van der Waals surface area contributed by atoms with Crippen molar-refractivity contribution in [2.45, 2.75) is 141 Å². The number of nitrogens with zero attached hydrogens (tertiary/aromatic N) is 1. The Morgan fingerprint density at radius 2 is 1.67 bits per heavy atom. The van der Waals surface area contributed by atoms with Crippen molar-refractivity contribution in [2.75, 3.05) is 13.6 Å². The second-order valence-electron chi connectivity index (χ2n) is 12.7. The van der Waals surface area contributed by atoms with Gasteiger partial charge in [-0.25, -0.2) is 0 Å². The highest BCUT2D eigenvalue weighted by molar-refractivity contribution is 5.73. The van der Waals surface area contributed by atoms with Gasteiger partial charge in [0.05, 0.1) is 35.9 Å². The highest BCUT2D eigenvalue weighted by Gasteiger charge is 2.48. The summed E-state index contributed by atoms with van der Waals surface area (Å²) >= 11 is 0. The van der Waals surface area contributed by atoms with Crippen LogP contribution in [0.2, 0.25) is 0 Å². The monoisotopic (exact) mass is 562 g/mol. The van der Waals surface area contributed by atoms with Crippen LogP contribution < -0.4 is 5.73 Å². The summed E-state index contributed by atoms with van der Waals surface area (Å²) in [5, 5.41) is 55.5. The number of aliphatic hydroxyl groups excluding tert-OH is 3. The van der Waals surface area contributed by atoms with E-state index >= 15 is 0 Å².